The predicted octanol–water partition coefficient (Wildman–Crippen LogP) is 4.86. The number of anilines is 2. The number of halogens is 3. The Balaban J connectivity index is 1.62. The molecule has 1 amide bonds. The molecule has 3 heterocycles. The summed E-state index contributed by atoms with van der Waals surface area (Å²) in [6.07, 6.45) is 3.08. The van der Waals surface area contributed by atoms with Crippen molar-refractivity contribution in [1.82, 2.24) is 15.0 Å². The number of benzene rings is 1. The van der Waals surface area contributed by atoms with Crippen LogP contribution in [0.25, 0.3) is 10.7 Å². The summed E-state index contributed by atoms with van der Waals surface area (Å²) in [5.74, 6) is -0.570. The summed E-state index contributed by atoms with van der Waals surface area (Å²) in [7, 11) is 0. The summed E-state index contributed by atoms with van der Waals surface area (Å²) in [6, 6.07) is 3.46. The van der Waals surface area contributed by atoms with Gasteiger partial charge >= 0.3 is 6.18 Å². The maximum Gasteiger partial charge on any atom is 0.416 e. The molecule has 0 radical (unpaired) electrons. The molecule has 1 aromatic carbocycles. The van der Waals surface area contributed by atoms with Gasteiger partial charge in [0.25, 0.3) is 5.91 Å². The van der Waals surface area contributed by atoms with E-state index >= 15 is 0 Å². The lowest BCUT2D eigenvalue weighted by Gasteiger charge is -2.31. The van der Waals surface area contributed by atoms with Gasteiger partial charge in [0, 0.05) is 30.9 Å². The van der Waals surface area contributed by atoms with Gasteiger partial charge in [-0.05, 0) is 37.5 Å². The van der Waals surface area contributed by atoms with Crippen molar-refractivity contribution in [2.24, 2.45) is 0 Å². The third kappa shape index (κ3) is 4.43. The smallest absolute Gasteiger partial charge is 0.370 e. The van der Waals surface area contributed by atoms with Crippen LogP contribution in [0.3, 0.4) is 0 Å². The number of aromatic nitrogens is 3. The van der Waals surface area contributed by atoms with Crippen molar-refractivity contribution in [3.63, 3.8) is 0 Å². The van der Waals surface area contributed by atoms with Crippen LogP contribution in [0.1, 0.15) is 35.3 Å². The Morgan fingerprint density at radius 2 is 1.93 bits per heavy atom. The monoisotopic (exact) mass is 433 g/mol. The first-order valence-corrected chi connectivity index (χ1v) is 10.3. The Morgan fingerprint density at radius 1 is 1.13 bits per heavy atom. The fourth-order valence-electron chi connectivity index (χ4n) is 3.31. The molecule has 1 saturated heterocycles. The summed E-state index contributed by atoms with van der Waals surface area (Å²) in [6.45, 7) is 1.48. The molecule has 3 aromatic rings. The molecule has 1 aliphatic heterocycles. The fraction of sp³-hybridized carbons (Fsp3) is 0.300. The summed E-state index contributed by atoms with van der Waals surface area (Å²) < 4.78 is 39.7. The zero-order valence-electron chi connectivity index (χ0n) is 15.8. The van der Waals surface area contributed by atoms with Gasteiger partial charge in [0.1, 0.15) is 16.4 Å². The molecule has 0 aliphatic carbocycles. The average Bonchev–Trinajstić information content (AvgIpc) is 3.25. The zero-order chi connectivity index (χ0) is 21.1. The van der Waals surface area contributed by atoms with E-state index in [1.165, 1.54) is 36.0 Å². The SMILES string of the molecule is O=C(Nc1cc(C(F)(F)F)ccc1N1CCCCC1)c1csc(-c2cnccn2)n1. The molecule has 10 heteroatoms. The molecule has 0 unspecified atom stereocenters. The second-order valence-electron chi connectivity index (χ2n) is 6.86. The number of nitrogens with one attached hydrogen (secondary N) is 1. The van der Waals surface area contributed by atoms with Crippen molar-refractivity contribution >= 4 is 28.6 Å². The second-order valence-corrected chi connectivity index (χ2v) is 7.72. The number of nitrogens with zero attached hydrogens (tertiary/aromatic N) is 4. The van der Waals surface area contributed by atoms with E-state index in [2.05, 4.69) is 20.3 Å². The number of rotatable bonds is 4. The highest BCUT2D eigenvalue weighted by Crippen LogP contribution is 2.36. The van der Waals surface area contributed by atoms with Crippen LogP contribution in [0.2, 0.25) is 0 Å². The highest BCUT2D eigenvalue weighted by atomic mass is 32.1. The van der Waals surface area contributed by atoms with E-state index in [9.17, 15) is 18.0 Å². The Labute approximate surface area is 174 Å². The van der Waals surface area contributed by atoms with Crippen LogP contribution in [-0.2, 0) is 6.18 Å². The molecule has 6 nitrogen and oxygen atoms in total. The highest BCUT2D eigenvalue weighted by molar-refractivity contribution is 7.13. The van der Waals surface area contributed by atoms with E-state index in [1.54, 1.807) is 5.38 Å². The topological polar surface area (TPSA) is 71.0 Å². The molecule has 0 bridgehead atoms. The van der Waals surface area contributed by atoms with E-state index in [1.807, 2.05) is 4.90 Å². The molecule has 156 valence electrons. The van der Waals surface area contributed by atoms with Crippen molar-refractivity contribution in [3.8, 4) is 10.7 Å². The maximum absolute atomic E-state index is 13.2. The van der Waals surface area contributed by atoms with Gasteiger partial charge in [0.15, 0.2) is 0 Å². The van der Waals surface area contributed by atoms with Gasteiger partial charge in [-0.25, -0.2) is 4.98 Å². The van der Waals surface area contributed by atoms with E-state index < -0.39 is 17.6 Å². The van der Waals surface area contributed by atoms with Gasteiger partial charge in [-0.2, -0.15) is 13.2 Å². The standard InChI is InChI=1S/C20H18F3N5OS/c21-20(22,23)13-4-5-17(28-8-2-1-3-9-28)14(10-13)26-18(29)16-12-30-19(27-16)15-11-24-6-7-25-15/h4-7,10-12H,1-3,8-9H2,(H,26,29). The zero-order valence-corrected chi connectivity index (χ0v) is 16.6. The van der Waals surface area contributed by atoms with Crippen molar-refractivity contribution in [3.05, 3.63) is 53.4 Å². The third-order valence-electron chi connectivity index (χ3n) is 4.79. The second kappa shape index (κ2) is 8.39. The van der Waals surface area contributed by atoms with Crippen LogP contribution in [0.5, 0.6) is 0 Å². The normalized spacial score (nSPS) is 14.6. The quantitative estimate of drug-likeness (QED) is 0.636. The lowest BCUT2D eigenvalue weighted by molar-refractivity contribution is -0.137. The summed E-state index contributed by atoms with van der Waals surface area (Å²) in [4.78, 5) is 27.1. The van der Waals surface area contributed by atoms with Crippen molar-refractivity contribution in [2.75, 3.05) is 23.3 Å². The molecule has 1 N–H and O–H groups in total. The Morgan fingerprint density at radius 3 is 2.63 bits per heavy atom. The predicted molar refractivity (Wildman–Crippen MR) is 109 cm³/mol. The van der Waals surface area contributed by atoms with Crippen LogP contribution >= 0.6 is 11.3 Å². The molecule has 2 aromatic heterocycles. The van der Waals surface area contributed by atoms with Gasteiger partial charge in [-0.3, -0.25) is 14.8 Å². The molecule has 30 heavy (non-hydrogen) atoms. The molecule has 0 saturated carbocycles. The lowest BCUT2D eigenvalue weighted by Crippen LogP contribution is -2.30. The molecule has 1 aliphatic rings. The Kier molecular flexibility index (Phi) is 5.67. The van der Waals surface area contributed by atoms with Crippen molar-refractivity contribution in [2.45, 2.75) is 25.4 Å². The molecule has 1 fully saturated rings. The number of alkyl halides is 3. The minimum absolute atomic E-state index is 0.114. The highest BCUT2D eigenvalue weighted by Gasteiger charge is 2.32. The van der Waals surface area contributed by atoms with Gasteiger partial charge in [-0.15, -0.1) is 11.3 Å². The first kappa shape index (κ1) is 20.3. The average molecular weight is 433 g/mol. The summed E-state index contributed by atoms with van der Waals surface area (Å²) in [5, 5.41) is 4.69. The number of hydrogen-bond acceptors (Lipinski definition) is 6. The first-order chi connectivity index (χ1) is 14.4. The Bertz CT molecular complexity index is 1030. The molecular formula is C20H18F3N5OS. The number of hydrogen-bond donors (Lipinski definition) is 1. The molecule has 4 rings (SSSR count). The molecular weight excluding hydrogens is 415 g/mol. The van der Waals surface area contributed by atoms with Crippen molar-refractivity contribution in [1.29, 1.82) is 0 Å². The van der Waals surface area contributed by atoms with Crippen LogP contribution in [-0.4, -0.2) is 33.9 Å². The van der Waals surface area contributed by atoms with Crippen LogP contribution in [0.15, 0.2) is 42.2 Å². The number of carbonyl (C=O) groups excluding carboxylic acids is 1. The van der Waals surface area contributed by atoms with Crippen LogP contribution in [0.4, 0.5) is 24.5 Å². The van der Waals surface area contributed by atoms with E-state index in [0.717, 1.165) is 44.5 Å². The third-order valence-corrected chi connectivity index (χ3v) is 5.65. The number of amides is 1. The fourth-order valence-corrected chi connectivity index (χ4v) is 4.07. The Hall–Kier alpha value is -3.01. The lowest BCUT2D eigenvalue weighted by atomic mass is 10.1. The first-order valence-electron chi connectivity index (χ1n) is 9.41. The number of piperidine rings is 1. The largest absolute Gasteiger partial charge is 0.416 e. The van der Waals surface area contributed by atoms with Crippen molar-refractivity contribution < 1.29 is 18.0 Å². The minimum Gasteiger partial charge on any atom is -0.370 e. The van der Waals surface area contributed by atoms with Gasteiger partial charge in [-0.1, -0.05) is 0 Å². The minimum atomic E-state index is -4.50. The molecule has 0 spiro atoms. The van der Waals surface area contributed by atoms with E-state index in [4.69, 9.17) is 0 Å². The summed E-state index contributed by atoms with van der Waals surface area (Å²) in [5.41, 5.74) is 0.542. The van der Waals surface area contributed by atoms with E-state index in [-0.39, 0.29) is 11.4 Å². The number of thiazole rings is 1. The van der Waals surface area contributed by atoms with Gasteiger partial charge in [0.2, 0.25) is 0 Å². The van der Waals surface area contributed by atoms with E-state index in [0.29, 0.717) is 16.4 Å². The molecule has 0 atom stereocenters. The maximum atomic E-state index is 13.2. The van der Waals surface area contributed by atoms with Gasteiger partial charge in [0.05, 0.1) is 23.1 Å². The summed E-state index contributed by atoms with van der Waals surface area (Å²) >= 11 is 1.22. The van der Waals surface area contributed by atoms with Crippen LogP contribution in [0, 0.1) is 0 Å². The van der Waals surface area contributed by atoms with Crippen LogP contribution < -0.4 is 10.2 Å². The number of carbonyl (C=O) groups is 1. The van der Waals surface area contributed by atoms with Gasteiger partial charge < -0.3 is 10.2 Å².